The number of allylic oxidation sites excluding steroid dienone is 4. The van der Waals surface area contributed by atoms with Crippen LogP contribution in [0.5, 0.6) is 0 Å². The molecule has 0 radical (unpaired) electrons. The third-order valence-electron chi connectivity index (χ3n) is 3.15. The van der Waals surface area contributed by atoms with Gasteiger partial charge < -0.3 is 37.2 Å². The molecular formula is C14H15Cl3Ti. The van der Waals surface area contributed by atoms with Crippen LogP contribution in [0.25, 0.3) is 0 Å². The molecule has 0 saturated heterocycles. The van der Waals surface area contributed by atoms with Crippen LogP contribution in [0.15, 0.2) is 39.8 Å². The van der Waals surface area contributed by atoms with Gasteiger partial charge in [-0.1, -0.05) is 0 Å². The van der Waals surface area contributed by atoms with E-state index in [0.29, 0.717) is 0 Å². The fraction of sp³-hybridized carbons (Fsp3) is 0.286. The monoisotopic (exact) mass is 336 g/mol. The molecule has 0 amide bonds. The number of aryl methyl sites for hydroxylation is 1. The zero-order valence-electron chi connectivity index (χ0n) is 10.4. The molecule has 1 aromatic rings. The molecule has 0 heterocycles. The topological polar surface area (TPSA) is 0 Å². The summed E-state index contributed by atoms with van der Waals surface area (Å²) in [5.74, 6) is 0. The van der Waals surface area contributed by atoms with Gasteiger partial charge in [0.2, 0.25) is 0 Å². The minimum absolute atomic E-state index is 0. The van der Waals surface area contributed by atoms with Gasteiger partial charge >= 0.3 is 104 Å². The molecule has 2 rings (SSSR count). The van der Waals surface area contributed by atoms with Crippen molar-refractivity contribution in [3.63, 3.8) is 0 Å². The second-order valence-electron chi connectivity index (χ2n) is 4.16. The number of rotatable bonds is 2. The molecule has 96 valence electrons. The molecule has 4 heteroatoms. The van der Waals surface area contributed by atoms with Crippen LogP contribution in [-0.2, 0) is 26.9 Å². The van der Waals surface area contributed by atoms with Gasteiger partial charge in [0.1, 0.15) is 0 Å². The Hall–Kier alpha value is 0.284. The third-order valence-corrected chi connectivity index (χ3v) is 3.96. The van der Waals surface area contributed by atoms with Crippen molar-refractivity contribution >= 4 is 0 Å². The molecule has 1 aliphatic rings. The zero-order valence-corrected chi connectivity index (χ0v) is 14.3. The van der Waals surface area contributed by atoms with Crippen molar-refractivity contribution in [3.8, 4) is 0 Å². The van der Waals surface area contributed by atoms with Crippen molar-refractivity contribution in [2.75, 3.05) is 0 Å². The molecule has 1 aromatic carbocycles. The summed E-state index contributed by atoms with van der Waals surface area (Å²) in [4.78, 5) is 0. The average Bonchev–Trinajstić information content (AvgIpc) is 2.60. The zero-order chi connectivity index (χ0) is 10.8. The Labute approximate surface area is 140 Å². The molecule has 0 unspecified atom stereocenters. The fourth-order valence-corrected chi connectivity index (χ4v) is 2.43. The Bertz CT molecular complexity index is 450. The molecule has 0 bridgehead atoms. The van der Waals surface area contributed by atoms with Crippen LogP contribution < -0.4 is 37.2 Å². The summed E-state index contributed by atoms with van der Waals surface area (Å²) in [5, 5.41) is 0. The maximum atomic E-state index is 2.26. The van der Waals surface area contributed by atoms with E-state index >= 15 is 0 Å². The molecule has 1 aliphatic carbocycles. The van der Waals surface area contributed by atoms with E-state index in [1.165, 1.54) is 20.6 Å². The van der Waals surface area contributed by atoms with E-state index in [1.807, 2.05) is 0 Å². The molecule has 18 heavy (non-hydrogen) atoms. The number of halogens is 3. The van der Waals surface area contributed by atoms with Crippen LogP contribution in [0.3, 0.4) is 0 Å². The number of benzene rings is 1. The molecular weight excluding hydrogens is 322 g/mol. The van der Waals surface area contributed by atoms with E-state index in [9.17, 15) is 0 Å². The third kappa shape index (κ3) is 4.76. The van der Waals surface area contributed by atoms with Crippen molar-refractivity contribution in [3.05, 3.63) is 56.5 Å². The summed E-state index contributed by atoms with van der Waals surface area (Å²) < 4.78 is 1.45. The molecule has 0 aromatic heterocycles. The number of hydrogen-bond donors (Lipinski definition) is 0. The first-order chi connectivity index (χ1) is 7.18. The van der Waals surface area contributed by atoms with Gasteiger partial charge in [-0.15, -0.1) is 0 Å². The fourth-order valence-electron chi connectivity index (χ4n) is 1.95. The first-order valence-electron chi connectivity index (χ1n) is 5.33. The van der Waals surface area contributed by atoms with Crippen LogP contribution in [0.4, 0.5) is 0 Å². The van der Waals surface area contributed by atoms with Crippen LogP contribution in [0.1, 0.15) is 23.1 Å². The van der Waals surface area contributed by atoms with E-state index in [1.54, 1.807) is 5.57 Å². The second-order valence-corrected chi connectivity index (χ2v) is 5.00. The first-order valence-corrected chi connectivity index (χ1v) is 6.12. The smallest absolute Gasteiger partial charge is 1.00 e. The van der Waals surface area contributed by atoms with Gasteiger partial charge in [0.25, 0.3) is 0 Å². The maximum absolute atomic E-state index is 2.26. The summed E-state index contributed by atoms with van der Waals surface area (Å²) in [5.41, 5.74) is 5.90. The Kier molecular flexibility index (Phi) is 10.6. The van der Waals surface area contributed by atoms with E-state index in [4.69, 9.17) is 0 Å². The van der Waals surface area contributed by atoms with E-state index in [2.05, 4.69) is 64.6 Å². The summed E-state index contributed by atoms with van der Waals surface area (Å²) in [6.07, 6.45) is 6.75. The molecule has 0 nitrogen and oxygen atoms in total. The van der Waals surface area contributed by atoms with Crippen molar-refractivity contribution < 1.29 is 57.7 Å². The molecule has 0 N–H and O–H groups in total. The van der Waals surface area contributed by atoms with Crippen molar-refractivity contribution in [1.82, 2.24) is 0 Å². The summed E-state index contributed by atoms with van der Waals surface area (Å²) in [7, 11) is 0. The normalized spacial score (nSPS) is 12.7. The Morgan fingerprint density at radius 1 is 1.11 bits per heavy atom. The predicted octanol–water partition coefficient (Wildman–Crippen LogP) is -5.38. The van der Waals surface area contributed by atoms with Crippen LogP contribution in [-0.4, -0.2) is 0 Å². The van der Waals surface area contributed by atoms with Crippen molar-refractivity contribution in [2.24, 2.45) is 0 Å². The quantitative estimate of drug-likeness (QED) is 0.473. The van der Waals surface area contributed by atoms with Gasteiger partial charge in [0.05, 0.1) is 0 Å². The Morgan fingerprint density at radius 2 is 1.78 bits per heavy atom. The second kappa shape index (κ2) is 9.23. The SMILES string of the molecule is Cc1cccc(CC2=[C]([Ti+3])C=CC2)c1C.[Cl-].[Cl-].[Cl-]. The van der Waals surface area contributed by atoms with E-state index in [0.717, 1.165) is 12.8 Å². The van der Waals surface area contributed by atoms with Crippen molar-refractivity contribution in [1.29, 1.82) is 0 Å². The van der Waals surface area contributed by atoms with Crippen molar-refractivity contribution in [2.45, 2.75) is 26.7 Å². The number of hydrogen-bond acceptors (Lipinski definition) is 0. The summed E-state index contributed by atoms with van der Waals surface area (Å²) >= 11 is 2.21. The summed E-state index contributed by atoms with van der Waals surface area (Å²) in [6.45, 7) is 4.41. The largest absolute Gasteiger partial charge is 1.00 e. The minimum atomic E-state index is 0. The minimum Gasteiger partial charge on any atom is -1.00 e. The average molecular weight is 338 g/mol. The van der Waals surface area contributed by atoms with Crippen LogP contribution in [0, 0.1) is 13.8 Å². The van der Waals surface area contributed by atoms with Gasteiger partial charge in [0.15, 0.2) is 0 Å². The van der Waals surface area contributed by atoms with Crippen LogP contribution in [0.2, 0.25) is 0 Å². The molecule has 0 atom stereocenters. The molecule has 0 spiro atoms. The molecule has 0 fully saturated rings. The van der Waals surface area contributed by atoms with E-state index < -0.39 is 0 Å². The van der Waals surface area contributed by atoms with Gasteiger partial charge in [-0.05, 0) is 0 Å². The Morgan fingerprint density at radius 3 is 2.33 bits per heavy atom. The first kappa shape index (κ1) is 20.6. The van der Waals surface area contributed by atoms with Gasteiger partial charge in [-0.3, -0.25) is 0 Å². The van der Waals surface area contributed by atoms with Crippen LogP contribution >= 0.6 is 0 Å². The summed E-state index contributed by atoms with van der Waals surface area (Å²) in [6, 6.07) is 6.60. The molecule has 0 saturated carbocycles. The van der Waals surface area contributed by atoms with Gasteiger partial charge in [0, 0.05) is 0 Å². The Balaban J connectivity index is 0. The maximum Gasteiger partial charge on any atom is -1.00 e. The van der Waals surface area contributed by atoms with Gasteiger partial charge in [-0.2, -0.15) is 0 Å². The van der Waals surface area contributed by atoms with Gasteiger partial charge in [-0.25, -0.2) is 0 Å². The standard InChI is InChI=1S/C14H15.3ClH.Ti/c1-11-6-5-9-14(12(11)2)10-13-7-3-4-8-13;;;;/h3-6,9H,7,10H2,1-2H3;3*1H;/q;;;;+3/p-3. The predicted molar refractivity (Wildman–Crippen MR) is 60.4 cm³/mol. The van der Waals surface area contributed by atoms with E-state index in [-0.39, 0.29) is 37.2 Å². The molecule has 0 aliphatic heterocycles.